The van der Waals surface area contributed by atoms with Crippen LogP contribution in [0.2, 0.25) is 0 Å². The number of hydrogen-bond acceptors (Lipinski definition) is 0. The Morgan fingerprint density at radius 3 is 1.36 bits per heavy atom. The van der Waals surface area contributed by atoms with Gasteiger partial charge in [0.05, 0.1) is 0 Å². The van der Waals surface area contributed by atoms with Crippen molar-refractivity contribution >= 4 is 12.2 Å². The van der Waals surface area contributed by atoms with Crippen molar-refractivity contribution in [3.63, 3.8) is 0 Å². The summed E-state index contributed by atoms with van der Waals surface area (Å²) in [5.74, 6) is 0. The molecule has 0 spiro atoms. The van der Waals surface area contributed by atoms with Crippen LogP contribution in [-0.4, -0.2) is 0 Å². The molecule has 0 nitrogen and oxygen atoms in total. The highest BCUT2D eigenvalue weighted by atomic mass is 14.0. The average molecular weight is 284 g/mol. The third kappa shape index (κ3) is 4.32. The lowest BCUT2D eigenvalue weighted by Gasteiger charge is -1.94. The molecule has 0 amide bonds. The van der Waals surface area contributed by atoms with Crippen LogP contribution in [0.5, 0.6) is 0 Å². The molecule has 2 aliphatic carbocycles. The molecule has 2 rings (SSSR count). The molecule has 0 atom stereocenters. The third-order valence-electron chi connectivity index (χ3n) is 3.32. The van der Waals surface area contributed by atoms with Crippen molar-refractivity contribution in [1.82, 2.24) is 0 Å². The molecule has 0 aliphatic heterocycles. The van der Waals surface area contributed by atoms with E-state index in [-0.39, 0.29) is 0 Å². The minimum absolute atomic E-state index is 1.05. The summed E-state index contributed by atoms with van der Waals surface area (Å²) >= 11 is 0. The predicted molar refractivity (Wildman–Crippen MR) is 98.5 cm³/mol. The van der Waals surface area contributed by atoms with Gasteiger partial charge in [-0.05, 0) is 22.3 Å². The summed E-state index contributed by atoms with van der Waals surface area (Å²) in [6.07, 6.45) is 3.68. The number of fused-ring (bicyclic) bond motifs is 1. The zero-order chi connectivity index (χ0) is 15.6. The Labute approximate surface area is 133 Å². The molecular weight excluding hydrogens is 264 g/mol. The Morgan fingerprint density at radius 1 is 0.455 bits per heavy atom. The van der Waals surface area contributed by atoms with Crippen LogP contribution >= 0.6 is 0 Å². The van der Waals surface area contributed by atoms with Gasteiger partial charge in [-0.2, -0.15) is 0 Å². The van der Waals surface area contributed by atoms with Gasteiger partial charge in [0.1, 0.15) is 0 Å². The molecule has 0 bridgehead atoms. The summed E-state index contributed by atoms with van der Waals surface area (Å²) in [6, 6.07) is 28.7. The van der Waals surface area contributed by atoms with E-state index >= 15 is 0 Å². The summed E-state index contributed by atoms with van der Waals surface area (Å²) in [5, 5.41) is 0. The van der Waals surface area contributed by atoms with E-state index < -0.39 is 0 Å². The van der Waals surface area contributed by atoms with Gasteiger partial charge in [0, 0.05) is 0 Å². The van der Waals surface area contributed by atoms with Gasteiger partial charge in [-0.1, -0.05) is 110 Å². The maximum absolute atomic E-state index is 3.88. The van der Waals surface area contributed by atoms with Crippen molar-refractivity contribution in [3.05, 3.63) is 109 Å². The first-order valence-corrected chi connectivity index (χ1v) is 7.29. The lowest BCUT2D eigenvalue weighted by molar-refractivity contribution is 1.66. The van der Waals surface area contributed by atoms with Crippen LogP contribution in [-0.2, 0) is 0 Å². The van der Waals surface area contributed by atoms with E-state index in [2.05, 4.69) is 43.5 Å². The Bertz CT molecular complexity index is 738. The second-order valence-corrected chi connectivity index (χ2v) is 4.77. The number of rotatable bonds is 2. The summed E-state index contributed by atoms with van der Waals surface area (Å²) in [7, 11) is 0. The third-order valence-corrected chi connectivity index (χ3v) is 3.32. The second-order valence-electron chi connectivity index (χ2n) is 4.77. The van der Waals surface area contributed by atoms with Crippen molar-refractivity contribution in [3.8, 4) is 11.1 Å². The van der Waals surface area contributed by atoms with Gasteiger partial charge >= 0.3 is 0 Å². The van der Waals surface area contributed by atoms with Gasteiger partial charge < -0.3 is 0 Å². The lowest BCUT2D eigenvalue weighted by Crippen LogP contribution is -1.73. The molecule has 0 N–H and O–H groups in total. The first kappa shape index (κ1) is 15.5. The van der Waals surface area contributed by atoms with E-state index in [9.17, 15) is 0 Å². The fourth-order valence-corrected chi connectivity index (χ4v) is 2.15. The summed E-state index contributed by atoms with van der Waals surface area (Å²) < 4.78 is 0. The standard InChI is InChI=1S/C22H20/c1-3-19-13-8-6-5-7-9-15-21-17-12-18-22(21)16-11-10-14-20(19)4-2/h3-18H,1-2H2. The molecule has 0 radical (unpaired) electrons. The summed E-state index contributed by atoms with van der Waals surface area (Å²) in [4.78, 5) is 0. The van der Waals surface area contributed by atoms with Crippen molar-refractivity contribution < 1.29 is 0 Å². The highest BCUT2D eigenvalue weighted by molar-refractivity contribution is 5.65. The first-order chi connectivity index (χ1) is 10.8. The van der Waals surface area contributed by atoms with Gasteiger partial charge in [0.15, 0.2) is 0 Å². The van der Waals surface area contributed by atoms with E-state index in [0.29, 0.717) is 0 Å². The zero-order valence-electron chi connectivity index (χ0n) is 12.7. The van der Waals surface area contributed by atoms with E-state index in [0.717, 1.165) is 11.1 Å². The second kappa shape index (κ2) is 8.43. The van der Waals surface area contributed by atoms with Crippen LogP contribution < -0.4 is 0 Å². The maximum Gasteiger partial charge on any atom is -0.0184 e. The Hall–Kier alpha value is -2.86. The highest BCUT2D eigenvalue weighted by Crippen LogP contribution is 2.19. The largest absolute Gasteiger partial charge is 0.0984 e. The molecule has 0 fully saturated rings. The zero-order valence-corrected chi connectivity index (χ0v) is 12.7. The molecule has 0 saturated carbocycles. The van der Waals surface area contributed by atoms with Gasteiger partial charge in [-0.15, -0.1) is 0 Å². The van der Waals surface area contributed by atoms with Crippen molar-refractivity contribution in [1.29, 1.82) is 0 Å². The van der Waals surface area contributed by atoms with Crippen LogP contribution in [0.3, 0.4) is 0 Å². The average Bonchev–Trinajstić information content (AvgIpc) is 2.97. The number of hydrogen-bond donors (Lipinski definition) is 0. The van der Waals surface area contributed by atoms with Crippen molar-refractivity contribution in [2.75, 3.05) is 0 Å². The van der Waals surface area contributed by atoms with Crippen molar-refractivity contribution in [2.24, 2.45) is 0 Å². The van der Waals surface area contributed by atoms with Crippen LogP contribution in [0, 0.1) is 0 Å². The molecule has 0 unspecified atom stereocenters. The Morgan fingerprint density at radius 2 is 0.818 bits per heavy atom. The smallest absolute Gasteiger partial charge is 0.0184 e. The molecule has 2 aliphatic rings. The molecule has 22 heavy (non-hydrogen) atoms. The predicted octanol–water partition coefficient (Wildman–Crippen LogP) is 6.33. The molecular formula is C22H20. The van der Waals surface area contributed by atoms with Gasteiger partial charge in [-0.25, -0.2) is 0 Å². The van der Waals surface area contributed by atoms with Crippen LogP contribution in [0.4, 0.5) is 0 Å². The molecule has 0 aromatic carbocycles. The quantitative estimate of drug-likeness (QED) is 0.604. The first-order valence-electron chi connectivity index (χ1n) is 7.29. The van der Waals surface area contributed by atoms with E-state index in [1.54, 1.807) is 0 Å². The van der Waals surface area contributed by atoms with Crippen LogP contribution in [0.15, 0.2) is 98.1 Å². The summed E-state index contributed by atoms with van der Waals surface area (Å²) in [6.45, 7) is 7.75. The Balaban J connectivity index is 2.64. The molecule has 0 heterocycles. The fourth-order valence-electron chi connectivity index (χ4n) is 2.15. The monoisotopic (exact) mass is 284 g/mol. The van der Waals surface area contributed by atoms with E-state index in [1.807, 2.05) is 66.7 Å². The highest BCUT2D eigenvalue weighted by Gasteiger charge is 1.94. The van der Waals surface area contributed by atoms with Crippen LogP contribution in [0.1, 0.15) is 11.1 Å². The normalized spacial score (nSPS) is 9.27. The van der Waals surface area contributed by atoms with E-state index in [1.165, 1.54) is 11.1 Å². The molecule has 0 saturated heterocycles. The maximum atomic E-state index is 3.88. The lowest BCUT2D eigenvalue weighted by atomic mass is 10.1. The van der Waals surface area contributed by atoms with E-state index in [4.69, 9.17) is 0 Å². The SMILES string of the molecule is C=Cc1cccccccc2cccc-2ccccc1C=C. The van der Waals surface area contributed by atoms with Gasteiger partial charge in [0.2, 0.25) is 0 Å². The minimum Gasteiger partial charge on any atom is -0.0984 e. The Kier molecular flexibility index (Phi) is 5.95. The van der Waals surface area contributed by atoms with Crippen LogP contribution in [0.25, 0.3) is 23.3 Å². The molecule has 0 aromatic rings. The van der Waals surface area contributed by atoms with Crippen molar-refractivity contribution in [2.45, 2.75) is 0 Å². The van der Waals surface area contributed by atoms with Gasteiger partial charge in [0.25, 0.3) is 0 Å². The fraction of sp³-hybridized carbons (Fsp3) is 0. The molecule has 0 aromatic heterocycles. The van der Waals surface area contributed by atoms with Gasteiger partial charge in [-0.3, -0.25) is 0 Å². The molecule has 108 valence electrons. The minimum atomic E-state index is 1.05. The molecule has 0 heteroatoms. The summed E-state index contributed by atoms with van der Waals surface area (Å²) in [5.41, 5.74) is 4.51. The topological polar surface area (TPSA) is 0 Å².